The molecule has 0 aliphatic rings. The average Bonchev–Trinajstić information content (AvgIpc) is 2.99. The minimum Gasteiger partial charge on any atom is -0.463 e. The number of methoxy groups -OCH3 is 1. The van der Waals surface area contributed by atoms with Gasteiger partial charge in [-0.2, -0.15) is 0 Å². The molecule has 1 N–H and O–H groups in total. The van der Waals surface area contributed by atoms with Gasteiger partial charge in [0, 0.05) is 4.88 Å². The third kappa shape index (κ3) is 2.58. The van der Waals surface area contributed by atoms with Gasteiger partial charge in [0.2, 0.25) is 5.76 Å². The van der Waals surface area contributed by atoms with Crippen LogP contribution in [0, 0.1) is 0 Å². The fourth-order valence-corrected chi connectivity index (χ4v) is 2.81. The Morgan fingerprint density at radius 3 is 2.78 bits per heavy atom. The first-order valence-corrected chi connectivity index (χ1v) is 6.45. The quantitative estimate of drug-likeness (QED) is 0.877. The molecule has 2 heterocycles. The van der Waals surface area contributed by atoms with E-state index in [1.54, 1.807) is 12.1 Å². The number of halogens is 1. The minimum atomic E-state index is -0.486. The van der Waals surface area contributed by atoms with Crippen LogP contribution >= 0.6 is 22.9 Å². The molecule has 2 aromatic heterocycles. The van der Waals surface area contributed by atoms with Gasteiger partial charge in [-0.1, -0.05) is 11.6 Å². The number of nitrogens with one attached hydrogen (secondary N) is 1. The van der Waals surface area contributed by atoms with E-state index < -0.39 is 5.97 Å². The summed E-state index contributed by atoms with van der Waals surface area (Å²) >= 11 is 7.38. The Morgan fingerprint density at radius 2 is 2.22 bits per heavy atom. The Kier molecular flexibility index (Phi) is 4.06. The van der Waals surface area contributed by atoms with Crippen LogP contribution in [0.5, 0.6) is 0 Å². The maximum atomic E-state index is 11.3. The topological polar surface area (TPSA) is 51.5 Å². The molecule has 0 saturated heterocycles. The highest BCUT2D eigenvalue weighted by Gasteiger charge is 2.20. The summed E-state index contributed by atoms with van der Waals surface area (Å²) in [6.07, 6.45) is 0. The van der Waals surface area contributed by atoms with E-state index in [-0.39, 0.29) is 11.8 Å². The number of esters is 1. The van der Waals surface area contributed by atoms with Crippen molar-refractivity contribution in [2.45, 2.75) is 6.04 Å². The van der Waals surface area contributed by atoms with Crippen molar-refractivity contribution in [1.82, 2.24) is 5.32 Å². The third-order valence-electron chi connectivity index (χ3n) is 2.47. The van der Waals surface area contributed by atoms with E-state index in [0.717, 1.165) is 4.88 Å². The summed E-state index contributed by atoms with van der Waals surface area (Å²) in [7, 11) is 3.14. The fourth-order valence-electron chi connectivity index (χ4n) is 1.63. The molecule has 0 saturated carbocycles. The zero-order valence-corrected chi connectivity index (χ0v) is 11.5. The molecule has 0 aliphatic carbocycles. The standard InChI is InChI=1S/C12H12ClNO3S/c1-14-11(9-5-6-10(13)18-9)7-3-4-8(17-7)12(15)16-2/h3-6,11,14H,1-2H3. The number of carbonyl (C=O) groups is 1. The smallest absolute Gasteiger partial charge is 0.373 e. The van der Waals surface area contributed by atoms with Crippen molar-refractivity contribution < 1.29 is 13.9 Å². The maximum Gasteiger partial charge on any atom is 0.373 e. The molecule has 1 unspecified atom stereocenters. The van der Waals surface area contributed by atoms with Crippen LogP contribution < -0.4 is 5.32 Å². The van der Waals surface area contributed by atoms with Crippen molar-refractivity contribution >= 4 is 28.9 Å². The number of hydrogen-bond acceptors (Lipinski definition) is 5. The number of carbonyl (C=O) groups excluding carboxylic acids is 1. The van der Waals surface area contributed by atoms with Crippen molar-refractivity contribution in [3.8, 4) is 0 Å². The van der Waals surface area contributed by atoms with Crippen LogP contribution in [-0.2, 0) is 4.74 Å². The lowest BCUT2D eigenvalue weighted by atomic mass is 10.2. The van der Waals surface area contributed by atoms with Gasteiger partial charge < -0.3 is 14.5 Å². The van der Waals surface area contributed by atoms with Gasteiger partial charge in [-0.15, -0.1) is 11.3 Å². The highest BCUT2D eigenvalue weighted by molar-refractivity contribution is 7.16. The Labute approximate surface area is 114 Å². The zero-order chi connectivity index (χ0) is 13.1. The summed E-state index contributed by atoms with van der Waals surface area (Å²) in [5.74, 6) is 0.354. The molecule has 4 nitrogen and oxygen atoms in total. The molecule has 0 fully saturated rings. The molecule has 6 heteroatoms. The first-order chi connectivity index (χ1) is 8.65. The van der Waals surface area contributed by atoms with E-state index in [9.17, 15) is 4.79 Å². The van der Waals surface area contributed by atoms with Crippen molar-refractivity contribution in [2.75, 3.05) is 14.2 Å². The van der Waals surface area contributed by atoms with Crippen LogP contribution in [-0.4, -0.2) is 20.1 Å². The molecule has 2 rings (SSSR count). The van der Waals surface area contributed by atoms with Gasteiger partial charge in [0.05, 0.1) is 11.4 Å². The molecular formula is C12H12ClNO3S. The first kappa shape index (κ1) is 13.1. The summed E-state index contributed by atoms with van der Waals surface area (Å²) in [6, 6.07) is 6.98. The van der Waals surface area contributed by atoms with Crippen molar-refractivity contribution in [3.05, 3.63) is 45.0 Å². The van der Waals surface area contributed by atoms with Gasteiger partial charge in [0.25, 0.3) is 0 Å². The molecule has 2 aromatic rings. The summed E-state index contributed by atoms with van der Waals surface area (Å²) in [5.41, 5.74) is 0. The van der Waals surface area contributed by atoms with Crippen LogP contribution in [0.25, 0.3) is 0 Å². The van der Waals surface area contributed by atoms with Crippen molar-refractivity contribution in [2.24, 2.45) is 0 Å². The number of ether oxygens (including phenoxy) is 1. The molecule has 0 bridgehead atoms. The van der Waals surface area contributed by atoms with Gasteiger partial charge >= 0.3 is 5.97 Å². The Bertz CT molecular complexity index is 549. The molecule has 0 spiro atoms. The molecular weight excluding hydrogens is 274 g/mol. The highest BCUT2D eigenvalue weighted by Crippen LogP contribution is 2.31. The predicted molar refractivity (Wildman–Crippen MR) is 70.3 cm³/mol. The second kappa shape index (κ2) is 5.56. The van der Waals surface area contributed by atoms with E-state index in [1.807, 2.05) is 19.2 Å². The Balaban J connectivity index is 2.28. The van der Waals surface area contributed by atoms with Crippen LogP contribution in [0.4, 0.5) is 0 Å². The van der Waals surface area contributed by atoms with E-state index in [4.69, 9.17) is 16.0 Å². The Hall–Kier alpha value is -1.30. The van der Waals surface area contributed by atoms with Crippen molar-refractivity contribution in [1.29, 1.82) is 0 Å². The molecule has 18 heavy (non-hydrogen) atoms. The fraction of sp³-hybridized carbons (Fsp3) is 0.250. The maximum absolute atomic E-state index is 11.3. The molecule has 0 radical (unpaired) electrons. The van der Waals surface area contributed by atoms with Gasteiger partial charge in [-0.05, 0) is 31.3 Å². The van der Waals surface area contributed by atoms with Gasteiger partial charge in [0.1, 0.15) is 11.8 Å². The molecule has 0 aromatic carbocycles. The Morgan fingerprint density at radius 1 is 1.44 bits per heavy atom. The summed E-state index contributed by atoms with van der Waals surface area (Å²) < 4.78 is 10.8. The summed E-state index contributed by atoms with van der Waals surface area (Å²) in [4.78, 5) is 12.3. The summed E-state index contributed by atoms with van der Waals surface area (Å²) in [5, 5.41) is 3.12. The van der Waals surface area contributed by atoms with Crippen LogP contribution in [0.3, 0.4) is 0 Å². The second-order valence-electron chi connectivity index (χ2n) is 3.56. The van der Waals surface area contributed by atoms with Crippen LogP contribution in [0.2, 0.25) is 4.34 Å². The highest BCUT2D eigenvalue weighted by atomic mass is 35.5. The van der Waals surface area contributed by atoms with Crippen molar-refractivity contribution in [3.63, 3.8) is 0 Å². The molecule has 0 amide bonds. The lowest BCUT2D eigenvalue weighted by molar-refractivity contribution is 0.0562. The monoisotopic (exact) mass is 285 g/mol. The molecule has 1 atom stereocenters. The number of hydrogen-bond donors (Lipinski definition) is 1. The zero-order valence-electron chi connectivity index (χ0n) is 9.90. The van der Waals surface area contributed by atoms with E-state index >= 15 is 0 Å². The van der Waals surface area contributed by atoms with E-state index in [1.165, 1.54) is 18.4 Å². The van der Waals surface area contributed by atoms with Crippen LogP contribution in [0.1, 0.15) is 27.2 Å². The van der Waals surface area contributed by atoms with E-state index in [2.05, 4.69) is 10.1 Å². The van der Waals surface area contributed by atoms with E-state index in [0.29, 0.717) is 10.1 Å². The number of furan rings is 1. The SMILES string of the molecule is CNC(c1ccc(C(=O)OC)o1)c1ccc(Cl)s1. The normalized spacial score (nSPS) is 12.4. The molecule has 0 aliphatic heterocycles. The third-order valence-corrected chi connectivity index (χ3v) is 3.76. The summed E-state index contributed by atoms with van der Waals surface area (Å²) in [6.45, 7) is 0. The predicted octanol–water partition coefficient (Wildman–Crippen LogP) is 3.09. The number of rotatable bonds is 4. The van der Waals surface area contributed by atoms with Crippen LogP contribution in [0.15, 0.2) is 28.7 Å². The lowest BCUT2D eigenvalue weighted by Crippen LogP contribution is -2.15. The molecule has 96 valence electrons. The van der Waals surface area contributed by atoms with Gasteiger partial charge in [-0.25, -0.2) is 4.79 Å². The lowest BCUT2D eigenvalue weighted by Gasteiger charge is -2.11. The van der Waals surface area contributed by atoms with Gasteiger partial charge in [0.15, 0.2) is 0 Å². The first-order valence-electron chi connectivity index (χ1n) is 5.26. The number of thiophene rings is 1. The minimum absolute atomic E-state index is 0.124. The van der Waals surface area contributed by atoms with Gasteiger partial charge in [-0.3, -0.25) is 0 Å². The second-order valence-corrected chi connectivity index (χ2v) is 5.30. The average molecular weight is 286 g/mol. The largest absolute Gasteiger partial charge is 0.463 e.